The number of thiazole rings is 1. The maximum Gasteiger partial charge on any atom is 0.350 e. The van der Waals surface area contributed by atoms with Crippen molar-refractivity contribution < 1.29 is 19.4 Å². The van der Waals surface area contributed by atoms with Crippen LogP contribution < -0.4 is 10.2 Å². The molecule has 24 heavy (non-hydrogen) atoms. The Kier molecular flexibility index (Phi) is 6.14. The van der Waals surface area contributed by atoms with Crippen molar-refractivity contribution in [2.75, 3.05) is 18.6 Å². The second kappa shape index (κ2) is 8.30. The molecule has 0 spiro atoms. The highest BCUT2D eigenvalue weighted by Crippen LogP contribution is 2.26. The minimum absolute atomic E-state index is 0.0802. The van der Waals surface area contributed by atoms with E-state index in [-0.39, 0.29) is 11.7 Å². The number of hydrogen-bond acceptors (Lipinski definition) is 8. The molecular weight excluding hydrogens is 330 g/mol. The summed E-state index contributed by atoms with van der Waals surface area (Å²) in [5.41, 5.74) is 4.13. The van der Waals surface area contributed by atoms with E-state index in [4.69, 9.17) is 9.47 Å². The van der Waals surface area contributed by atoms with Crippen molar-refractivity contribution in [3.63, 3.8) is 0 Å². The molecule has 0 atom stereocenters. The van der Waals surface area contributed by atoms with Crippen LogP contribution in [0, 0.1) is 6.92 Å². The molecule has 1 aromatic carbocycles. The lowest BCUT2D eigenvalue weighted by Crippen LogP contribution is -2.03. The molecule has 0 saturated heterocycles. The zero-order valence-corrected chi connectivity index (χ0v) is 14.5. The van der Waals surface area contributed by atoms with E-state index < -0.39 is 0 Å². The Hall–Kier alpha value is -2.61. The summed E-state index contributed by atoms with van der Waals surface area (Å²) in [5.74, 6) is 0.0946. The van der Waals surface area contributed by atoms with Crippen molar-refractivity contribution in [2.24, 2.45) is 5.10 Å². The first-order valence-corrected chi connectivity index (χ1v) is 8.26. The van der Waals surface area contributed by atoms with E-state index in [1.54, 1.807) is 38.3 Å². The molecule has 0 aliphatic heterocycles. The van der Waals surface area contributed by atoms with Gasteiger partial charge in [-0.05, 0) is 44.5 Å². The van der Waals surface area contributed by atoms with Crippen LogP contribution in [-0.2, 0) is 4.74 Å². The normalized spacial score (nSPS) is 10.8. The van der Waals surface area contributed by atoms with Gasteiger partial charge in [0.05, 0.1) is 25.1 Å². The van der Waals surface area contributed by atoms with E-state index in [0.29, 0.717) is 34.7 Å². The number of phenolic OH excluding ortho intramolecular Hbond substituents is 1. The Bertz CT molecular complexity index is 743. The van der Waals surface area contributed by atoms with E-state index in [1.165, 1.54) is 11.3 Å². The first kappa shape index (κ1) is 17.7. The molecule has 8 heteroatoms. The summed E-state index contributed by atoms with van der Waals surface area (Å²) >= 11 is 1.18. The van der Waals surface area contributed by atoms with Crippen LogP contribution in [-0.4, -0.2) is 35.5 Å². The third-order valence-corrected chi connectivity index (χ3v) is 3.96. The topological polar surface area (TPSA) is 93.0 Å². The Morgan fingerprint density at radius 1 is 1.42 bits per heavy atom. The predicted octanol–water partition coefficient (Wildman–Crippen LogP) is 3.18. The highest BCUT2D eigenvalue weighted by molar-refractivity contribution is 7.17. The number of ether oxygens (including phenoxy) is 2. The predicted molar refractivity (Wildman–Crippen MR) is 93.3 cm³/mol. The van der Waals surface area contributed by atoms with E-state index in [2.05, 4.69) is 15.5 Å². The Morgan fingerprint density at radius 3 is 2.92 bits per heavy atom. The van der Waals surface area contributed by atoms with Crippen molar-refractivity contribution in [1.29, 1.82) is 0 Å². The number of esters is 1. The molecule has 2 N–H and O–H groups in total. The van der Waals surface area contributed by atoms with Crippen LogP contribution in [0.2, 0.25) is 0 Å². The largest absolute Gasteiger partial charge is 0.504 e. The van der Waals surface area contributed by atoms with Gasteiger partial charge in [-0.1, -0.05) is 11.3 Å². The SMILES string of the molecule is CCOC(=O)c1sc(N/N=C/c2ccc(O)c(OCC)c2)nc1C. The van der Waals surface area contributed by atoms with Gasteiger partial charge in [0.1, 0.15) is 4.88 Å². The fourth-order valence-electron chi connectivity index (χ4n) is 1.87. The average Bonchev–Trinajstić information content (AvgIpc) is 2.92. The highest BCUT2D eigenvalue weighted by Gasteiger charge is 2.15. The van der Waals surface area contributed by atoms with Crippen molar-refractivity contribution in [3.8, 4) is 11.5 Å². The number of nitrogens with zero attached hydrogens (tertiary/aromatic N) is 2. The molecule has 0 bridgehead atoms. The number of aromatic nitrogens is 1. The third kappa shape index (κ3) is 4.45. The van der Waals surface area contributed by atoms with Gasteiger partial charge >= 0.3 is 5.97 Å². The molecule has 0 aliphatic rings. The van der Waals surface area contributed by atoms with Crippen LogP contribution in [0.15, 0.2) is 23.3 Å². The first-order valence-electron chi connectivity index (χ1n) is 7.44. The van der Waals surface area contributed by atoms with Crippen LogP contribution in [0.5, 0.6) is 11.5 Å². The summed E-state index contributed by atoms with van der Waals surface area (Å²) < 4.78 is 10.3. The summed E-state index contributed by atoms with van der Waals surface area (Å²) in [6, 6.07) is 4.93. The molecular formula is C16H19N3O4S. The van der Waals surface area contributed by atoms with Crippen molar-refractivity contribution in [3.05, 3.63) is 34.3 Å². The van der Waals surface area contributed by atoms with Gasteiger partial charge in [0, 0.05) is 0 Å². The number of phenols is 1. The molecule has 1 aromatic heterocycles. The fourth-order valence-corrected chi connectivity index (χ4v) is 2.68. The lowest BCUT2D eigenvalue weighted by Gasteiger charge is -2.05. The summed E-state index contributed by atoms with van der Waals surface area (Å²) in [4.78, 5) is 16.4. The number of benzene rings is 1. The zero-order valence-electron chi connectivity index (χ0n) is 13.7. The number of carbonyl (C=O) groups excluding carboxylic acids is 1. The van der Waals surface area contributed by atoms with Gasteiger partial charge in [0.15, 0.2) is 11.5 Å². The van der Waals surface area contributed by atoms with E-state index in [0.717, 1.165) is 5.56 Å². The van der Waals surface area contributed by atoms with Crippen molar-refractivity contribution in [1.82, 2.24) is 4.98 Å². The molecule has 2 aromatic rings. The lowest BCUT2D eigenvalue weighted by molar-refractivity contribution is 0.0531. The van der Waals surface area contributed by atoms with Crippen LogP contribution in [0.25, 0.3) is 0 Å². The maximum atomic E-state index is 11.7. The summed E-state index contributed by atoms with van der Waals surface area (Å²) in [5, 5.41) is 14.2. The Labute approximate surface area is 144 Å². The summed E-state index contributed by atoms with van der Waals surface area (Å²) in [6.07, 6.45) is 1.57. The smallest absolute Gasteiger partial charge is 0.350 e. The van der Waals surface area contributed by atoms with Gasteiger partial charge < -0.3 is 14.6 Å². The van der Waals surface area contributed by atoms with Gasteiger partial charge in [-0.2, -0.15) is 5.10 Å². The number of hydrazone groups is 1. The highest BCUT2D eigenvalue weighted by atomic mass is 32.1. The number of anilines is 1. The van der Waals surface area contributed by atoms with Gasteiger partial charge in [0.25, 0.3) is 0 Å². The number of nitrogens with one attached hydrogen (secondary N) is 1. The summed E-state index contributed by atoms with van der Waals surface area (Å²) in [6.45, 7) is 6.12. The van der Waals surface area contributed by atoms with E-state index >= 15 is 0 Å². The molecule has 128 valence electrons. The van der Waals surface area contributed by atoms with Crippen LogP contribution in [0.4, 0.5) is 5.13 Å². The number of carbonyl (C=O) groups is 1. The lowest BCUT2D eigenvalue weighted by atomic mass is 10.2. The summed E-state index contributed by atoms with van der Waals surface area (Å²) in [7, 11) is 0. The molecule has 0 unspecified atom stereocenters. The molecule has 0 saturated carbocycles. The molecule has 7 nitrogen and oxygen atoms in total. The van der Waals surface area contributed by atoms with Gasteiger partial charge in [-0.3, -0.25) is 5.43 Å². The monoisotopic (exact) mass is 349 g/mol. The molecule has 0 fully saturated rings. The van der Waals surface area contributed by atoms with E-state index in [9.17, 15) is 9.90 Å². The van der Waals surface area contributed by atoms with Gasteiger partial charge in [-0.25, -0.2) is 9.78 Å². The van der Waals surface area contributed by atoms with Crippen LogP contribution >= 0.6 is 11.3 Å². The quantitative estimate of drug-likeness (QED) is 0.453. The minimum atomic E-state index is -0.385. The fraction of sp³-hybridized carbons (Fsp3) is 0.312. The number of rotatable bonds is 7. The Morgan fingerprint density at radius 2 is 2.21 bits per heavy atom. The molecule has 0 amide bonds. The number of hydrogen-bond donors (Lipinski definition) is 2. The molecule has 2 rings (SSSR count). The van der Waals surface area contributed by atoms with Gasteiger partial charge in [0.2, 0.25) is 5.13 Å². The standard InChI is InChI=1S/C16H19N3O4S/c1-4-22-13-8-11(6-7-12(13)20)9-17-19-16-18-10(3)14(24-16)15(21)23-5-2/h6-9,20H,4-5H2,1-3H3,(H,18,19)/b17-9+. The average molecular weight is 349 g/mol. The van der Waals surface area contributed by atoms with Crippen LogP contribution in [0.3, 0.4) is 0 Å². The second-order valence-corrected chi connectivity index (χ2v) is 5.68. The minimum Gasteiger partial charge on any atom is -0.504 e. The first-order chi connectivity index (χ1) is 11.5. The van der Waals surface area contributed by atoms with Gasteiger partial charge in [-0.15, -0.1) is 0 Å². The van der Waals surface area contributed by atoms with Crippen molar-refractivity contribution in [2.45, 2.75) is 20.8 Å². The van der Waals surface area contributed by atoms with E-state index in [1.807, 2.05) is 6.92 Å². The third-order valence-electron chi connectivity index (χ3n) is 2.91. The molecule has 0 aliphatic carbocycles. The maximum absolute atomic E-state index is 11.7. The number of aromatic hydroxyl groups is 1. The van der Waals surface area contributed by atoms with Crippen LogP contribution in [0.1, 0.15) is 34.8 Å². The second-order valence-electron chi connectivity index (χ2n) is 4.68. The molecule has 1 heterocycles. The van der Waals surface area contributed by atoms with Crippen molar-refractivity contribution >= 4 is 28.7 Å². The Balaban J connectivity index is 2.05. The number of aryl methyl sites for hydroxylation is 1. The molecule has 0 radical (unpaired) electrons. The zero-order chi connectivity index (χ0) is 17.5.